The molecule has 51 heavy (non-hydrogen) atoms. The number of Topliss-reactive ketones (excluding diaryl/α,β-unsaturated/α-hetero) is 2. The van der Waals surface area contributed by atoms with Gasteiger partial charge < -0.3 is 38.3 Å². The van der Waals surface area contributed by atoms with Gasteiger partial charge in [0, 0.05) is 49.5 Å². The highest BCUT2D eigenvalue weighted by Gasteiger charge is 2.32. The van der Waals surface area contributed by atoms with Crippen LogP contribution < -0.4 is 28.3 Å². The van der Waals surface area contributed by atoms with E-state index >= 15 is 0 Å². The summed E-state index contributed by atoms with van der Waals surface area (Å²) in [5, 5.41) is 15.0. The predicted octanol–water partition coefficient (Wildman–Crippen LogP) is 2.42. The highest BCUT2D eigenvalue weighted by molar-refractivity contribution is 5.95. The lowest BCUT2D eigenvalue weighted by Gasteiger charge is -2.25. The zero-order chi connectivity index (χ0) is 37.1. The highest BCUT2D eigenvalue weighted by atomic mass is 16.3. The number of aromatic amines is 1. The van der Waals surface area contributed by atoms with Crippen molar-refractivity contribution in [3.63, 3.8) is 0 Å². The van der Waals surface area contributed by atoms with Crippen LogP contribution in [0.5, 0.6) is 5.75 Å². The van der Waals surface area contributed by atoms with E-state index in [0.717, 1.165) is 33.0 Å². The molecule has 0 aliphatic rings. The molecule has 0 spiro atoms. The van der Waals surface area contributed by atoms with Gasteiger partial charge in [0.1, 0.15) is 11.5 Å². The van der Waals surface area contributed by atoms with Gasteiger partial charge in [-0.3, -0.25) is 24.2 Å². The van der Waals surface area contributed by atoms with Gasteiger partial charge in [-0.2, -0.15) is 0 Å². The van der Waals surface area contributed by atoms with Crippen LogP contribution in [-0.2, 0) is 38.4 Å². The van der Waals surface area contributed by atoms with Crippen LogP contribution in [0.25, 0.3) is 10.8 Å². The lowest BCUT2D eigenvalue weighted by Crippen LogP contribution is -2.47. The van der Waals surface area contributed by atoms with Crippen LogP contribution in [0.2, 0.25) is 0 Å². The van der Waals surface area contributed by atoms with E-state index in [-0.39, 0.29) is 55.4 Å². The summed E-state index contributed by atoms with van der Waals surface area (Å²) in [5.74, 6) is -3.56. The van der Waals surface area contributed by atoms with E-state index in [1.54, 1.807) is 18.3 Å². The third-order valence-electron chi connectivity index (χ3n) is 9.21. The van der Waals surface area contributed by atoms with Crippen molar-refractivity contribution in [1.29, 1.82) is 0 Å². The molecule has 13 heteroatoms. The maximum atomic E-state index is 14.2. The Balaban J connectivity index is 1.58. The van der Waals surface area contributed by atoms with Gasteiger partial charge in [0.15, 0.2) is 11.7 Å². The summed E-state index contributed by atoms with van der Waals surface area (Å²) >= 11 is 0. The molecule has 13 nitrogen and oxygen atoms in total. The molecule has 1 aromatic heterocycles. The number of phenolic OH excluding ortho intramolecular Hbond substituents is 1. The number of aromatic nitrogens is 2. The molecule has 0 bridgehead atoms. The van der Waals surface area contributed by atoms with Gasteiger partial charge in [0.2, 0.25) is 11.8 Å². The van der Waals surface area contributed by atoms with E-state index in [1.807, 2.05) is 56.3 Å². The summed E-state index contributed by atoms with van der Waals surface area (Å²) < 4.78 is 0. The molecular formula is C38H48N8O5. The maximum Gasteiger partial charge on any atom is 0.224 e. The number of primary amides is 1. The van der Waals surface area contributed by atoms with Crippen LogP contribution in [0.3, 0.4) is 0 Å². The second kappa shape index (κ2) is 17.9. The number of carbonyl (C=O) groups is 4. The number of amides is 2. The van der Waals surface area contributed by atoms with Crippen LogP contribution >= 0.6 is 0 Å². The molecule has 0 fully saturated rings. The Morgan fingerprint density at radius 2 is 1.59 bits per heavy atom. The molecule has 0 radical (unpaired) electrons. The molecule has 4 atom stereocenters. The smallest absolute Gasteiger partial charge is 0.224 e. The molecule has 4 aromatic rings. The van der Waals surface area contributed by atoms with E-state index in [2.05, 4.69) is 20.3 Å². The summed E-state index contributed by atoms with van der Waals surface area (Å²) in [7, 11) is 0. The fourth-order valence-corrected chi connectivity index (χ4v) is 6.42. The predicted molar refractivity (Wildman–Crippen MR) is 196 cm³/mol. The Morgan fingerprint density at radius 1 is 0.902 bits per heavy atom. The number of guanidine groups is 1. The molecule has 0 aliphatic carbocycles. The van der Waals surface area contributed by atoms with Gasteiger partial charge >= 0.3 is 0 Å². The van der Waals surface area contributed by atoms with Gasteiger partial charge in [-0.25, -0.2) is 4.98 Å². The molecule has 0 saturated carbocycles. The van der Waals surface area contributed by atoms with E-state index in [4.69, 9.17) is 22.9 Å². The van der Waals surface area contributed by atoms with Crippen molar-refractivity contribution in [2.45, 2.75) is 70.9 Å². The number of benzene rings is 3. The monoisotopic (exact) mass is 696 g/mol. The lowest BCUT2D eigenvalue weighted by molar-refractivity contribution is -0.133. The zero-order valence-corrected chi connectivity index (χ0v) is 29.1. The van der Waals surface area contributed by atoms with Crippen molar-refractivity contribution in [3.05, 3.63) is 95.1 Å². The lowest BCUT2D eigenvalue weighted by atomic mass is 9.86. The molecule has 270 valence electrons. The minimum absolute atomic E-state index is 0.0544. The number of aryl methyl sites for hydroxylation is 2. The first kappa shape index (κ1) is 38.2. The van der Waals surface area contributed by atoms with E-state index in [1.165, 1.54) is 6.33 Å². The van der Waals surface area contributed by atoms with Crippen LogP contribution in [0.15, 0.2) is 72.1 Å². The van der Waals surface area contributed by atoms with Crippen LogP contribution in [0.1, 0.15) is 53.6 Å². The molecule has 0 unspecified atom stereocenters. The number of rotatable bonds is 19. The molecule has 11 N–H and O–H groups in total. The average molecular weight is 697 g/mol. The second-order valence-electron chi connectivity index (χ2n) is 13.1. The number of aromatic hydroxyl groups is 1. The topological polar surface area (TPSA) is 246 Å². The van der Waals surface area contributed by atoms with Gasteiger partial charge in [-0.1, -0.05) is 42.5 Å². The van der Waals surface area contributed by atoms with Crippen molar-refractivity contribution in [1.82, 2.24) is 15.3 Å². The number of aliphatic imine (C=N–C) groups is 1. The molecule has 0 aliphatic heterocycles. The molecule has 4 rings (SSSR count). The Hall–Kier alpha value is -5.56. The largest absolute Gasteiger partial charge is 0.508 e. The molecule has 0 saturated heterocycles. The van der Waals surface area contributed by atoms with Crippen molar-refractivity contribution < 1.29 is 24.3 Å². The standard InChI is InChI=1S/C38H48N8O5/c1-22-13-29(47)14-23(2)31(22)16-27(18-34(48)32(39)11-6-12-44-38(41)42)37(51)46-33(19-28-20-43-21-45-28)35(49)17-26(36(40)50)15-25-9-5-8-24-7-3-4-10-30(24)25/h3-5,7-10,13-14,20-21,26-27,32-33,47H,6,11-12,15-19,39H2,1-2H3,(H2,40,50)(H,43,45)(H,46,51)(H4,41,42,44)/t26-,27-,32-,33+/m1/s1. The van der Waals surface area contributed by atoms with Crippen LogP contribution in [0.4, 0.5) is 0 Å². The van der Waals surface area contributed by atoms with E-state index in [0.29, 0.717) is 25.1 Å². The third kappa shape index (κ3) is 11.0. The first-order chi connectivity index (χ1) is 24.3. The number of carbonyl (C=O) groups excluding carboxylic acids is 4. The van der Waals surface area contributed by atoms with Crippen molar-refractivity contribution >= 4 is 40.1 Å². The number of imidazole rings is 1. The molecule has 2 amide bonds. The van der Waals surface area contributed by atoms with Gasteiger partial charge in [0.05, 0.1) is 18.4 Å². The molecular weight excluding hydrogens is 648 g/mol. The van der Waals surface area contributed by atoms with Gasteiger partial charge in [-0.15, -0.1) is 0 Å². The number of nitrogens with one attached hydrogen (secondary N) is 2. The van der Waals surface area contributed by atoms with Crippen LogP contribution in [-0.4, -0.2) is 63.0 Å². The fraction of sp³-hybridized carbons (Fsp3) is 0.368. The van der Waals surface area contributed by atoms with E-state index < -0.39 is 35.7 Å². The number of nitrogens with two attached hydrogens (primary N) is 4. The quantitative estimate of drug-likeness (QED) is 0.0432. The number of phenols is 1. The summed E-state index contributed by atoms with van der Waals surface area (Å²) in [6.45, 7) is 3.95. The fourth-order valence-electron chi connectivity index (χ4n) is 6.42. The van der Waals surface area contributed by atoms with Crippen molar-refractivity contribution in [3.8, 4) is 5.75 Å². The summed E-state index contributed by atoms with van der Waals surface area (Å²) in [6.07, 6.45) is 3.88. The maximum absolute atomic E-state index is 14.2. The normalized spacial score (nSPS) is 13.5. The number of nitrogens with zero attached hydrogens (tertiary/aromatic N) is 2. The zero-order valence-electron chi connectivity index (χ0n) is 29.1. The average Bonchev–Trinajstić information content (AvgIpc) is 3.60. The number of H-pyrrole nitrogens is 1. The molecule has 1 heterocycles. The highest BCUT2D eigenvalue weighted by Crippen LogP contribution is 2.26. The first-order valence-corrected chi connectivity index (χ1v) is 17.0. The summed E-state index contributed by atoms with van der Waals surface area (Å²) in [4.78, 5) is 65.3. The summed E-state index contributed by atoms with van der Waals surface area (Å²) in [5.41, 5.74) is 26.6. The Bertz CT molecular complexity index is 1840. The van der Waals surface area contributed by atoms with E-state index in [9.17, 15) is 24.3 Å². The number of fused-ring (bicyclic) bond motifs is 1. The van der Waals surface area contributed by atoms with Crippen molar-refractivity contribution in [2.75, 3.05) is 6.54 Å². The summed E-state index contributed by atoms with van der Waals surface area (Å²) in [6, 6.07) is 14.8. The van der Waals surface area contributed by atoms with Crippen molar-refractivity contribution in [2.24, 2.45) is 39.8 Å². The number of hydrogen-bond acceptors (Lipinski definition) is 8. The number of hydrogen-bond donors (Lipinski definition) is 7. The Morgan fingerprint density at radius 3 is 2.25 bits per heavy atom. The van der Waals surface area contributed by atoms with Gasteiger partial charge in [0.25, 0.3) is 0 Å². The Kier molecular flexibility index (Phi) is 13.4. The SMILES string of the molecule is Cc1cc(O)cc(C)c1C[C@H](CC(=O)[C@H](N)CCCN=C(N)N)C(=O)N[C@@H](Cc1cnc[nH]1)C(=O)C[C@@H](Cc1cccc2ccccc12)C(N)=O. The second-order valence-corrected chi connectivity index (χ2v) is 13.1. The minimum atomic E-state index is -1.06. The first-order valence-electron chi connectivity index (χ1n) is 17.0. The minimum Gasteiger partial charge on any atom is -0.508 e. The van der Waals surface area contributed by atoms with Gasteiger partial charge in [-0.05, 0) is 84.7 Å². The van der Waals surface area contributed by atoms with Crippen LogP contribution in [0, 0.1) is 25.7 Å². The number of ketones is 2. The Labute approximate surface area is 297 Å². The molecule has 3 aromatic carbocycles. The third-order valence-corrected chi connectivity index (χ3v) is 9.21.